The molecule has 146 valence electrons. The Morgan fingerprint density at radius 2 is 1.77 bits per heavy atom. The summed E-state index contributed by atoms with van der Waals surface area (Å²) in [6.45, 7) is 5.73. The number of aryl methyl sites for hydroxylation is 2. The third-order valence-corrected chi connectivity index (χ3v) is 4.11. The normalized spacial score (nSPS) is 11.5. The van der Waals surface area contributed by atoms with E-state index < -0.39 is 6.04 Å². The monoisotopic (exact) mass is 401 g/mol. The highest BCUT2D eigenvalue weighted by molar-refractivity contribution is 5.85. The average molecular weight is 402 g/mol. The van der Waals surface area contributed by atoms with E-state index in [9.17, 15) is 4.79 Å². The molecule has 2 rings (SSSR count). The SMILES string of the molecule is Cc1n[nH]c(C)c1C(N)C(=O)N(CCN(C)C)Cc1ccccc1.Cl.Cl. The number of rotatable bonds is 7. The number of benzene rings is 1. The van der Waals surface area contributed by atoms with E-state index in [4.69, 9.17) is 5.73 Å². The molecule has 0 aliphatic carbocycles. The largest absolute Gasteiger partial charge is 0.335 e. The molecule has 26 heavy (non-hydrogen) atoms. The molecule has 1 unspecified atom stereocenters. The summed E-state index contributed by atoms with van der Waals surface area (Å²) < 4.78 is 0. The van der Waals surface area contributed by atoms with Crippen LogP contribution in [-0.4, -0.2) is 53.1 Å². The van der Waals surface area contributed by atoms with Crippen LogP contribution < -0.4 is 5.73 Å². The first kappa shape index (κ1) is 24.4. The Kier molecular flexibility index (Phi) is 10.5. The number of H-pyrrole nitrogens is 1. The van der Waals surface area contributed by atoms with Gasteiger partial charge in [-0.05, 0) is 33.5 Å². The van der Waals surface area contributed by atoms with E-state index in [1.165, 1.54) is 0 Å². The van der Waals surface area contributed by atoms with E-state index in [0.29, 0.717) is 13.1 Å². The van der Waals surface area contributed by atoms with Crippen LogP contribution in [0, 0.1) is 13.8 Å². The quantitative estimate of drug-likeness (QED) is 0.746. The van der Waals surface area contributed by atoms with Gasteiger partial charge in [0.1, 0.15) is 6.04 Å². The summed E-state index contributed by atoms with van der Waals surface area (Å²) >= 11 is 0. The number of nitrogens with zero attached hydrogens (tertiary/aromatic N) is 3. The van der Waals surface area contributed by atoms with Crippen molar-refractivity contribution in [1.82, 2.24) is 20.0 Å². The van der Waals surface area contributed by atoms with E-state index >= 15 is 0 Å². The van der Waals surface area contributed by atoms with Crippen LogP contribution in [0.15, 0.2) is 30.3 Å². The maximum atomic E-state index is 13.0. The van der Waals surface area contributed by atoms with Crippen molar-refractivity contribution >= 4 is 30.7 Å². The summed E-state index contributed by atoms with van der Waals surface area (Å²) in [7, 11) is 3.99. The van der Waals surface area contributed by atoms with Crippen molar-refractivity contribution in [1.29, 1.82) is 0 Å². The average Bonchev–Trinajstić information content (AvgIpc) is 2.89. The van der Waals surface area contributed by atoms with Crippen LogP contribution in [0.3, 0.4) is 0 Å². The van der Waals surface area contributed by atoms with Crippen LogP contribution in [0.1, 0.15) is 28.6 Å². The molecule has 2 aromatic rings. The van der Waals surface area contributed by atoms with E-state index in [0.717, 1.165) is 29.1 Å². The second-order valence-corrected chi connectivity index (χ2v) is 6.37. The predicted molar refractivity (Wildman–Crippen MR) is 110 cm³/mol. The molecule has 1 atom stereocenters. The van der Waals surface area contributed by atoms with Crippen molar-refractivity contribution in [3.63, 3.8) is 0 Å². The molecule has 0 aliphatic heterocycles. The summed E-state index contributed by atoms with van der Waals surface area (Å²) in [5.41, 5.74) is 9.80. The van der Waals surface area contributed by atoms with Gasteiger partial charge < -0.3 is 15.5 Å². The van der Waals surface area contributed by atoms with Gasteiger partial charge in [0.2, 0.25) is 5.91 Å². The molecular weight excluding hydrogens is 373 g/mol. The minimum atomic E-state index is -0.699. The van der Waals surface area contributed by atoms with Gasteiger partial charge in [-0.15, -0.1) is 24.8 Å². The molecule has 8 heteroatoms. The Labute approximate surface area is 167 Å². The van der Waals surface area contributed by atoms with E-state index in [-0.39, 0.29) is 30.7 Å². The topological polar surface area (TPSA) is 78.2 Å². The summed E-state index contributed by atoms with van der Waals surface area (Å²) in [6, 6.07) is 9.28. The molecule has 0 saturated heterocycles. The number of likely N-dealkylation sites (N-methyl/N-ethyl adjacent to an activating group) is 1. The van der Waals surface area contributed by atoms with E-state index in [1.54, 1.807) is 0 Å². The molecule has 1 amide bonds. The van der Waals surface area contributed by atoms with Crippen LogP contribution >= 0.6 is 24.8 Å². The zero-order valence-electron chi connectivity index (χ0n) is 15.7. The fourth-order valence-electron chi connectivity index (χ4n) is 2.73. The summed E-state index contributed by atoms with van der Waals surface area (Å²) in [6.07, 6.45) is 0. The van der Waals surface area contributed by atoms with Gasteiger partial charge in [-0.25, -0.2) is 0 Å². The molecule has 1 aromatic heterocycles. The van der Waals surface area contributed by atoms with E-state index in [2.05, 4.69) is 15.1 Å². The molecule has 6 nitrogen and oxygen atoms in total. The fraction of sp³-hybridized carbons (Fsp3) is 0.444. The van der Waals surface area contributed by atoms with Gasteiger partial charge in [-0.1, -0.05) is 30.3 Å². The standard InChI is InChI=1S/C18H27N5O.2ClH/c1-13-16(14(2)21-20-13)17(19)18(24)23(11-10-22(3)4)12-15-8-6-5-7-9-15;;/h5-9,17H,10-12,19H2,1-4H3,(H,20,21);2*1H. The molecule has 0 bridgehead atoms. The third kappa shape index (κ3) is 6.29. The zero-order chi connectivity index (χ0) is 17.7. The third-order valence-electron chi connectivity index (χ3n) is 4.11. The van der Waals surface area contributed by atoms with Gasteiger partial charge in [0, 0.05) is 30.9 Å². The zero-order valence-corrected chi connectivity index (χ0v) is 17.4. The van der Waals surface area contributed by atoms with Crippen molar-refractivity contribution in [2.75, 3.05) is 27.2 Å². The van der Waals surface area contributed by atoms with Crippen molar-refractivity contribution < 1.29 is 4.79 Å². The minimum absolute atomic E-state index is 0. The Balaban J connectivity index is 0.00000312. The van der Waals surface area contributed by atoms with Crippen molar-refractivity contribution in [2.45, 2.75) is 26.4 Å². The molecule has 0 spiro atoms. The highest BCUT2D eigenvalue weighted by Gasteiger charge is 2.26. The van der Waals surface area contributed by atoms with E-state index in [1.807, 2.05) is 63.2 Å². The number of nitrogens with two attached hydrogens (primary N) is 1. The van der Waals surface area contributed by atoms with Crippen molar-refractivity contribution in [2.24, 2.45) is 5.73 Å². The highest BCUT2D eigenvalue weighted by Crippen LogP contribution is 2.20. The summed E-state index contributed by atoms with van der Waals surface area (Å²) in [5, 5.41) is 7.06. The van der Waals surface area contributed by atoms with Crippen LogP contribution in [0.5, 0.6) is 0 Å². The number of hydrogen-bond acceptors (Lipinski definition) is 4. The second-order valence-electron chi connectivity index (χ2n) is 6.37. The number of carbonyl (C=O) groups is 1. The van der Waals surface area contributed by atoms with Gasteiger partial charge in [0.15, 0.2) is 0 Å². The molecule has 3 N–H and O–H groups in total. The lowest BCUT2D eigenvalue weighted by Gasteiger charge is -2.27. The molecule has 0 radical (unpaired) electrons. The maximum absolute atomic E-state index is 13.0. The molecule has 1 aromatic carbocycles. The number of carbonyl (C=O) groups excluding carboxylic acids is 1. The Bertz CT molecular complexity index is 656. The van der Waals surface area contributed by atoms with Crippen LogP contribution in [-0.2, 0) is 11.3 Å². The predicted octanol–water partition coefficient (Wildman–Crippen LogP) is 2.46. The first-order chi connectivity index (χ1) is 11.4. The second kappa shape index (κ2) is 11.2. The lowest BCUT2D eigenvalue weighted by atomic mass is 10.0. The smallest absolute Gasteiger partial charge is 0.244 e. The Morgan fingerprint density at radius 3 is 2.27 bits per heavy atom. The van der Waals surface area contributed by atoms with Crippen molar-refractivity contribution in [3.8, 4) is 0 Å². The number of nitrogens with one attached hydrogen (secondary N) is 1. The van der Waals surface area contributed by atoms with Crippen LogP contribution in [0.25, 0.3) is 0 Å². The van der Waals surface area contributed by atoms with Gasteiger partial charge >= 0.3 is 0 Å². The first-order valence-corrected chi connectivity index (χ1v) is 8.14. The number of halogens is 2. The molecule has 0 saturated carbocycles. The molecule has 1 heterocycles. The fourth-order valence-corrected chi connectivity index (χ4v) is 2.73. The lowest BCUT2D eigenvalue weighted by Crippen LogP contribution is -2.41. The first-order valence-electron chi connectivity index (χ1n) is 8.14. The van der Waals surface area contributed by atoms with Crippen LogP contribution in [0.2, 0.25) is 0 Å². The number of hydrogen-bond donors (Lipinski definition) is 2. The van der Waals surface area contributed by atoms with Crippen LogP contribution in [0.4, 0.5) is 0 Å². The number of aromatic amines is 1. The summed E-state index contributed by atoms with van der Waals surface area (Å²) in [5.74, 6) is -0.0756. The lowest BCUT2D eigenvalue weighted by molar-refractivity contribution is -0.133. The molecule has 0 fully saturated rings. The van der Waals surface area contributed by atoms with Gasteiger partial charge in [-0.3, -0.25) is 9.89 Å². The summed E-state index contributed by atoms with van der Waals surface area (Å²) in [4.78, 5) is 16.9. The number of amides is 1. The molecule has 0 aliphatic rings. The van der Waals surface area contributed by atoms with Gasteiger partial charge in [0.25, 0.3) is 0 Å². The minimum Gasteiger partial charge on any atom is -0.335 e. The Morgan fingerprint density at radius 1 is 1.15 bits per heavy atom. The van der Waals surface area contributed by atoms with Gasteiger partial charge in [0.05, 0.1) is 5.69 Å². The Hall–Kier alpha value is -1.60. The van der Waals surface area contributed by atoms with Crippen molar-refractivity contribution in [3.05, 3.63) is 52.8 Å². The number of aromatic nitrogens is 2. The molecular formula is C18H29Cl2N5O. The van der Waals surface area contributed by atoms with Gasteiger partial charge in [-0.2, -0.15) is 5.10 Å². The highest BCUT2D eigenvalue weighted by atomic mass is 35.5. The maximum Gasteiger partial charge on any atom is 0.244 e.